The van der Waals surface area contributed by atoms with Crippen molar-refractivity contribution in [3.05, 3.63) is 29.3 Å². The lowest BCUT2D eigenvalue weighted by atomic mass is 10.0. The number of piperazine rings is 1. The molecule has 0 aromatic heterocycles. The van der Waals surface area contributed by atoms with Crippen LogP contribution in [0, 0.1) is 6.92 Å². The monoisotopic (exact) mass is 289 g/mol. The van der Waals surface area contributed by atoms with Gasteiger partial charge in [-0.3, -0.25) is 14.5 Å². The number of aryl methyl sites for hydroxylation is 1. The summed E-state index contributed by atoms with van der Waals surface area (Å²) >= 11 is 0. The molecule has 114 valence electrons. The number of hydrogen-bond donors (Lipinski definition) is 1. The maximum atomic E-state index is 12.2. The second-order valence-corrected chi connectivity index (χ2v) is 5.59. The van der Waals surface area contributed by atoms with Gasteiger partial charge in [0.2, 0.25) is 5.91 Å². The number of ketones is 1. The first-order valence-corrected chi connectivity index (χ1v) is 7.34. The van der Waals surface area contributed by atoms with Gasteiger partial charge in [0.25, 0.3) is 0 Å². The first kappa shape index (κ1) is 15.5. The number of anilines is 1. The summed E-state index contributed by atoms with van der Waals surface area (Å²) < 4.78 is 0. The minimum Gasteiger partial charge on any atom is -0.398 e. The molecule has 0 unspecified atom stereocenters. The van der Waals surface area contributed by atoms with Crippen LogP contribution in [0.15, 0.2) is 18.2 Å². The highest BCUT2D eigenvalue weighted by molar-refractivity contribution is 5.97. The Hall–Kier alpha value is -1.88. The van der Waals surface area contributed by atoms with Crippen molar-refractivity contribution < 1.29 is 9.59 Å². The van der Waals surface area contributed by atoms with Gasteiger partial charge < -0.3 is 10.6 Å². The molecule has 0 radical (unpaired) electrons. The molecule has 0 atom stereocenters. The lowest BCUT2D eigenvalue weighted by molar-refractivity contribution is -0.130. The van der Waals surface area contributed by atoms with Crippen LogP contribution in [0.25, 0.3) is 0 Å². The van der Waals surface area contributed by atoms with Crippen molar-refractivity contribution in [3.8, 4) is 0 Å². The molecule has 1 aromatic rings. The molecule has 21 heavy (non-hydrogen) atoms. The molecule has 0 spiro atoms. The van der Waals surface area contributed by atoms with E-state index in [-0.39, 0.29) is 11.7 Å². The maximum absolute atomic E-state index is 12.2. The largest absolute Gasteiger partial charge is 0.398 e. The summed E-state index contributed by atoms with van der Waals surface area (Å²) in [5, 5.41) is 0. The Morgan fingerprint density at radius 1 is 1.19 bits per heavy atom. The van der Waals surface area contributed by atoms with E-state index < -0.39 is 0 Å². The van der Waals surface area contributed by atoms with E-state index in [2.05, 4.69) is 4.90 Å². The Kier molecular flexibility index (Phi) is 4.96. The lowest BCUT2D eigenvalue weighted by Crippen LogP contribution is -2.48. The Bertz CT molecular complexity index is 534. The van der Waals surface area contributed by atoms with Crippen LogP contribution in [-0.4, -0.2) is 54.2 Å². The molecule has 1 saturated heterocycles. The number of nitrogens with two attached hydrogens (primary N) is 1. The summed E-state index contributed by atoms with van der Waals surface area (Å²) in [4.78, 5) is 27.5. The molecule has 1 amide bonds. The van der Waals surface area contributed by atoms with E-state index in [1.54, 1.807) is 13.0 Å². The third kappa shape index (κ3) is 4.04. The standard InChI is InChI=1S/C16H23N3O2/c1-12-3-4-14(11-15(12)17)16(21)5-6-18-7-9-19(10-8-18)13(2)20/h3-4,11H,5-10,17H2,1-2H3. The van der Waals surface area contributed by atoms with E-state index in [1.165, 1.54) is 0 Å². The number of hydrogen-bond acceptors (Lipinski definition) is 4. The van der Waals surface area contributed by atoms with Gasteiger partial charge in [0, 0.05) is 57.3 Å². The molecule has 0 aliphatic carbocycles. The van der Waals surface area contributed by atoms with Crippen molar-refractivity contribution in [1.82, 2.24) is 9.80 Å². The fourth-order valence-corrected chi connectivity index (χ4v) is 2.50. The molecular weight excluding hydrogens is 266 g/mol. The fourth-order valence-electron chi connectivity index (χ4n) is 2.50. The number of Topliss-reactive ketones (excluding diaryl/α,β-unsaturated/α-hetero) is 1. The summed E-state index contributed by atoms with van der Waals surface area (Å²) in [5.41, 5.74) is 8.18. The average molecular weight is 289 g/mol. The number of nitrogen functional groups attached to an aromatic ring is 1. The lowest BCUT2D eigenvalue weighted by Gasteiger charge is -2.34. The molecule has 1 heterocycles. The Morgan fingerprint density at radius 3 is 2.43 bits per heavy atom. The Labute approximate surface area is 125 Å². The minimum atomic E-state index is 0.121. The van der Waals surface area contributed by atoms with E-state index in [1.807, 2.05) is 24.0 Å². The van der Waals surface area contributed by atoms with Crippen molar-refractivity contribution >= 4 is 17.4 Å². The molecule has 0 bridgehead atoms. The topological polar surface area (TPSA) is 66.6 Å². The quantitative estimate of drug-likeness (QED) is 0.670. The van der Waals surface area contributed by atoms with E-state index in [0.717, 1.165) is 38.3 Å². The van der Waals surface area contributed by atoms with Gasteiger partial charge in [-0.15, -0.1) is 0 Å². The number of carbonyl (C=O) groups excluding carboxylic acids is 2. The third-order valence-electron chi connectivity index (χ3n) is 4.07. The molecule has 2 N–H and O–H groups in total. The highest BCUT2D eigenvalue weighted by Gasteiger charge is 2.19. The average Bonchev–Trinajstić information content (AvgIpc) is 2.48. The van der Waals surface area contributed by atoms with E-state index in [4.69, 9.17) is 5.73 Å². The summed E-state index contributed by atoms with van der Waals surface area (Å²) in [5.74, 6) is 0.247. The van der Waals surface area contributed by atoms with Crippen molar-refractivity contribution in [2.45, 2.75) is 20.3 Å². The van der Waals surface area contributed by atoms with E-state index in [0.29, 0.717) is 17.7 Å². The number of amides is 1. The first-order valence-electron chi connectivity index (χ1n) is 7.34. The smallest absolute Gasteiger partial charge is 0.219 e. The Balaban J connectivity index is 1.82. The van der Waals surface area contributed by atoms with Crippen LogP contribution in [0.4, 0.5) is 5.69 Å². The minimum absolute atomic E-state index is 0.121. The van der Waals surface area contributed by atoms with Crippen LogP contribution in [0.5, 0.6) is 0 Å². The van der Waals surface area contributed by atoms with Crippen LogP contribution < -0.4 is 5.73 Å². The van der Waals surface area contributed by atoms with Crippen molar-refractivity contribution in [2.24, 2.45) is 0 Å². The second kappa shape index (κ2) is 6.72. The summed E-state index contributed by atoms with van der Waals surface area (Å²) in [6, 6.07) is 5.47. The van der Waals surface area contributed by atoms with Crippen LogP contribution in [-0.2, 0) is 4.79 Å². The zero-order valence-corrected chi connectivity index (χ0v) is 12.8. The molecule has 1 aliphatic rings. The van der Waals surface area contributed by atoms with E-state index >= 15 is 0 Å². The van der Waals surface area contributed by atoms with E-state index in [9.17, 15) is 9.59 Å². The number of benzene rings is 1. The summed E-state index contributed by atoms with van der Waals surface area (Å²) in [6.45, 7) is 7.44. The van der Waals surface area contributed by atoms with Crippen LogP contribution in [0.1, 0.15) is 29.3 Å². The number of carbonyl (C=O) groups is 2. The highest BCUT2D eigenvalue weighted by atomic mass is 16.2. The molecule has 1 aromatic carbocycles. The molecule has 0 saturated carbocycles. The predicted molar refractivity (Wildman–Crippen MR) is 83.2 cm³/mol. The van der Waals surface area contributed by atoms with Crippen molar-refractivity contribution in [2.75, 3.05) is 38.5 Å². The molecule has 1 fully saturated rings. The second-order valence-electron chi connectivity index (χ2n) is 5.59. The number of nitrogens with zero attached hydrogens (tertiary/aromatic N) is 2. The molecular formula is C16H23N3O2. The summed E-state index contributed by atoms with van der Waals surface area (Å²) in [6.07, 6.45) is 0.489. The van der Waals surface area contributed by atoms with Gasteiger partial charge in [0.1, 0.15) is 0 Å². The Morgan fingerprint density at radius 2 is 1.86 bits per heavy atom. The van der Waals surface area contributed by atoms with Gasteiger partial charge in [-0.05, 0) is 18.6 Å². The highest BCUT2D eigenvalue weighted by Crippen LogP contribution is 2.14. The zero-order chi connectivity index (χ0) is 15.4. The van der Waals surface area contributed by atoms with Gasteiger partial charge in [0.15, 0.2) is 5.78 Å². The van der Waals surface area contributed by atoms with Crippen LogP contribution >= 0.6 is 0 Å². The van der Waals surface area contributed by atoms with Gasteiger partial charge in [0.05, 0.1) is 0 Å². The van der Waals surface area contributed by atoms with Gasteiger partial charge in [-0.1, -0.05) is 12.1 Å². The number of rotatable bonds is 4. The third-order valence-corrected chi connectivity index (χ3v) is 4.07. The van der Waals surface area contributed by atoms with Crippen molar-refractivity contribution in [3.63, 3.8) is 0 Å². The van der Waals surface area contributed by atoms with Crippen molar-refractivity contribution in [1.29, 1.82) is 0 Å². The maximum Gasteiger partial charge on any atom is 0.219 e. The SMILES string of the molecule is CC(=O)N1CCN(CCC(=O)c2ccc(C)c(N)c2)CC1. The van der Waals surface area contributed by atoms with Gasteiger partial charge >= 0.3 is 0 Å². The zero-order valence-electron chi connectivity index (χ0n) is 12.8. The normalized spacial score (nSPS) is 16.0. The summed E-state index contributed by atoms with van der Waals surface area (Å²) in [7, 11) is 0. The molecule has 1 aliphatic heterocycles. The van der Waals surface area contributed by atoms with Gasteiger partial charge in [-0.25, -0.2) is 0 Å². The molecule has 5 nitrogen and oxygen atoms in total. The predicted octanol–water partition coefficient (Wildman–Crippen LogP) is 1.31. The van der Waals surface area contributed by atoms with Crippen LogP contribution in [0.3, 0.4) is 0 Å². The first-order chi connectivity index (χ1) is 9.97. The molecule has 5 heteroatoms. The molecule has 2 rings (SSSR count). The van der Waals surface area contributed by atoms with Gasteiger partial charge in [-0.2, -0.15) is 0 Å². The fraction of sp³-hybridized carbons (Fsp3) is 0.500. The van der Waals surface area contributed by atoms with Crippen LogP contribution in [0.2, 0.25) is 0 Å².